The lowest BCUT2D eigenvalue weighted by Crippen LogP contribution is -2.62. The maximum absolute atomic E-state index is 9.13. The number of nitrogens with zero attached hydrogens (tertiary/aromatic N) is 5. The van der Waals surface area contributed by atoms with Gasteiger partial charge in [0.2, 0.25) is 5.13 Å². The predicted molar refractivity (Wildman–Crippen MR) is 114 cm³/mol. The molecule has 148 valence electrons. The Bertz CT molecular complexity index is 864. The Morgan fingerprint density at radius 1 is 1.11 bits per heavy atom. The minimum absolute atomic E-state index is 0.365. The van der Waals surface area contributed by atoms with Crippen LogP contribution in [0.4, 0.5) is 5.13 Å². The molecule has 1 unspecified atom stereocenters. The van der Waals surface area contributed by atoms with Gasteiger partial charge in [0.15, 0.2) is 0 Å². The molecule has 0 amide bonds. The highest BCUT2D eigenvalue weighted by atomic mass is 32.1. The molecule has 2 saturated heterocycles. The second kappa shape index (κ2) is 7.81. The molecule has 2 aliphatic heterocycles. The summed E-state index contributed by atoms with van der Waals surface area (Å²) < 4.78 is 1.24. The van der Waals surface area contributed by atoms with Crippen molar-refractivity contribution < 1.29 is 4.48 Å². The van der Waals surface area contributed by atoms with E-state index >= 15 is 0 Å². The normalized spacial score (nSPS) is 25.1. The Hall–Kier alpha value is -1.97. The van der Waals surface area contributed by atoms with Crippen molar-refractivity contribution in [3.05, 3.63) is 29.8 Å². The molecule has 1 aromatic carbocycles. The zero-order chi connectivity index (χ0) is 19.6. The first-order chi connectivity index (χ1) is 13.5. The van der Waals surface area contributed by atoms with E-state index in [0.717, 1.165) is 28.8 Å². The summed E-state index contributed by atoms with van der Waals surface area (Å²) >= 11 is 1.64. The molecule has 4 rings (SSSR count). The third-order valence-corrected chi connectivity index (χ3v) is 8.13. The average molecular weight is 397 g/mol. The maximum Gasteiger partial charge on any atom is 0.208 e. The van der Waals surface area contributed by atoms with Crippen molar-refractivity contribution in [2.75, 3.05) is 38.1 Å². The van der Waals surface area contributed by atoms with Crippen LogP contribution < -0.4 is 4.90 Å². The van der Waals surface area contributed by atoms with Gasteiger partial charge in [0.1, 0.15) is 5.01 Å². The topological polar surface area (TPSA) is 52.8 Å². The lowest BCUT2D eigenvalue weighted by Gasteiger charge is -2.51. The molecular weight excluding hydrogens is 366 g/mol. The van der Waals surface area contributed by atoms with Crippen LogP contribution in [0.1, 0.15) is 51.0 Å². The Kier molecular flexibility index (Phi) is 5.39. The molecule has 2 fully saturated rings. The van der Waals surface area contributed by atoms with Gasteiger partial charge in [-0.1, -0.05) is 23.5 Å². The fourth-order valence-electron chi connectivity index (χ4n) is 4.93. The molecule has 2 aliphatic rings. The van der Waals surface area contributed by atoms with Gasteiger partial charge in [-0.2, -0.15) is 5.26 Å². The maximum atomic E-state index is 9.13. The quantitative estimate of drug-likeness (QED) is 0.719. The van der Waals surface area contributed by atoms with E-state index in [2.05, 4.69) is 35.1 Å². The summed E-state index contributed by atoms with van der Waals surface area (Å²) in [5, 5.41) is 20.0. The van der Waals surface area contributed by atoms with E-state index in [1.54, 1.807) is 11.3 Å². The van der Waals surface area contributed by atoms with Gasteiger partial charge in [0.05, 0.1) is 37.3 Å². The van der Waals surface area contributed by atoms with Crippen molar-refractivity contribution in [1.82, 2.24) is 10.2 Å². The average Bonchev–Trinajstić information content (AvgIpc) is 3.12. The second-order valence-electron chi connectivity index (χ2n) is 8.82. The van der Waals surface area contributed by atoms with Crippen LogP contribution in [0.15, 0.2) is 24.3 Å². The van der Waals surface area contributed by atoms with Crippen LogP contribution in [0.3, 0.4) is 0 Å². The molecule has 0 saturated carbocycles. The van der Waals surface area contributed by atoms with Gasteiger partial charge in [-0.3, -0.25) is 0 Å². The summed E-state index contributed by atoms with van der Waals surface area (Å²) in [5.74, 6) is 0. The Morgan fingerprint density at radius 2 is 1.93 bits per heavy atom. The van der Waals surface area contributed by atoms with Gasteiger partial charge >= 0.3 is 0 Å². The monoisotopic (exact) mass is 396 g/mol. The number of likely N-dealkylation sites (tertiary alicyclic amines) is 1. The first-order valence-corrected chi connectivity index (χ1v) is 11.3. The molecule has 1 atom stereocenters. The van der Waals surface area contributed by atoms with Gasteiger partial charge in [-0.25, -0.2) is 0 Å². The SMILES string of the molecule is CC1([N+]2(C)CCCCC2)CCCN(c2nnc(-c3cccc(C#N)c3)s2)CC1. The highest BCUT2D eigenvalue weighted by molar-refractivity contribution is 7.18. The molecule has 0 aliphatic carbocycles. The molecule has 6 heteroatoms. The molecule has 0 radical (unpaired) electrons. The highest BCUT2D eigenvalue weighted by Crippen LogP contribution is 2.38. The van der Waals surface area contributed by atoms with Crippen LogP contribution in [0.5, 0.6) is 0 Å². The van der Waals surface area contributed by atoms with Gasteiger partial charge in [-0.15, -0.1) is 10.2 Å². The molecule has 5 nitrogen and oxygen atoms in total. The van der Waals surface area contributed by atoms with Crippen LogP contribution in [0.2, 0.25) is 0 Å². The lowest BCUT2D eigenvalue weighted by molar-refractivity contribution is -0.962. The number of piperidine rings is 1. The summed E-state index contributed by atoms with van der Waals surface area (Å²) in [6.45, 7) is 7.28. The van der Waals surface area contributed by atoms with Crippen LogP contribution in [-0.2, 0) is 0 Å². The zero-order valence-electron chi connectivity index (χ0n) is 17.0. The Balaban J connectivity index is 1.49. The van der Waals surface area contributed by atoms with E-state index in [4.69, 9.17) is 5.26 Å². The van der Waals surface area contributed by atoms with Crippen molar-refractivity contribution in [3.8, 4) is 16.6 Å². The predicted octanol–water partition coefficient (Wildman–Crippen LogP) is 4.46. The van der Waals surface area contributed by atoms with E-state index in [0.29, 0.717) is 11.1 Å². The largest absolute Gasteiger partial charge is 0.346 e. The Labute approximate surface area is 172 Å². The lowest BCUT2D eigenvalue weighted by atomic mass is 9.86. The number of nitriles is 1. The Morgan fingerprint density at radius 3 is 2.71 bits per heavy atom. The van der Waals surface area contributed by atoms with Gasteiger partial charge < -0.3 is 9.38 Å². The molecular formula is C22H30N5S+. The molecule has 0 N–H and O–H groups in total. The molecule has 0 spiro atoms. The summed E-state index contributed by atoms with van der Waals surface area (Å²) in [6.07, 6.45) is 7.85. The number of rotatable bonds is 3. The van der Waals surface area contributed by atoms with E-state index < -0.39 is 0 Å². The van der Waals surface area contributed by atoms with Crippen molar-refractivity contribution in [3.63, 3.8) is 0 Å². The van der Waals surface area contributed by atoms with Crippen LogP contribution >= 0.6 is 11.3 Å². The number of hydrogen-bond donors (Lipinski definition) is 0. The van der Waals surface area contributed by atoms with Gasteiger partial charge in [-0.05, 0) is 44.7 Å². The van der Waals surface area contributed by atoms with E-state index in [1.165, 1.54) is 56.1 Å². The minimum atomic E-state index is 0.365. The number of anilines is 1. The standard InChI is InChI=1S/C22H30N5S/c1-22(27(2)14-4-3-5-15-27)10-7-12-26(13-11-22)21-25-24-20(28-21)19-9-6-8-18(16-19)17-23/h6,8-9,16H,3-5,7,10-15H2,1-2H3/q+1. The fourth-order valence-corrected chi connectivity index (χ4v) is 5.82. The number of quaternary nitrogens is 1. The summed E-state index contributed by atoms with van der Waals surface area (Å²) in [4.78, 5) is 2.43. The number of hydrogen-bond acceptors (Lipinski definition) is 5. The number of aromatic nitrogens is 2. The fraction of sp³-hybridized carbons (Fsp3) is 0.591. The van der Waals surface area contributed by atoms with Crippen molar-refractivity contribution >= 4 is 16.5 Å². The third-order valence-electron chi connectivity index (χ3n) is 7.09. The minimum Gasteiger partial charge on any atom is -0.346 e. The summed E-state index contributed by atoms with van der Waals surface area (Å²) in [7, 11) is 2.49. The van der Waals surface area contributed by atoms with E-state index in [-0.39, 0.29) is 0 Å². The van der Waals surface area contributed by atoms with Gasteiger partial charge in [0.25, 0.3) is 0 Å². The second-order valence-corrected chi connectivity index (χ2v) is 9.78. The van der Waals surface area contributed by atoms with E-state index in [9.17, 15) is 0 Å². The molecule has 3 heterocycles. The number of benzene rings is 1. The van der Waals surface area contributed by atoms with Crippen LogP contribution in [0, 0.1) is 11.3 Å². The zero-order valence-corrected chi connectivity index (χ0v) is 17.8. The van der Waals surface area contributed by atoms with Crippen LogP contribution in [-0.4, -0.2) is 53.4 Å². The smallest absolute Gasteiger partial charge is 0.208 e. The third kappa shape index (κ3) is 3.66. The van der Waals surface area contributed by atoms with Crippen LogP contribution in [0.25, 0.3) is 10.6 Å². The molecule has 1 aromatic heterocycles. The first-order valence-electron chi connectivity index (χ1n) is 10.5. The molecule has 0 bridgehead atoms. The molecule has 2 aromatic rings. The van der Waals surface area contributed by atoms with Crippen molar-refractivity contribution in [2.24, 2.45) is 0 Å². The van der Waals surface area contributed by atoms with E-state index in [1.807, 2.05) is 24.3 Å². The van der Waals surface area contributed by atoms with Crippen molar-refractivity contribution in [1.29, 1.82) is 5.26 Å². The first kappa shape index (κ1) is 19.4. The summed E-state index contributed by atoms with van der Waals surface area (Å²) in [5.41, 5.74) is 2.01. The molecule has 28 heavy (non-hydrogen) atoms. The summed E-state index contributed by atoms with van der Waals surface area (Å²) in [6, 6.07) is 9.84. The highest BCUT2D eigenvalue weighted by Gasteiger charge is 2.45. The van der Waals surface area contributed by atoms with Gasteiger partial charge in [0, 0.05) is 31.5 Å². The van der Waals surface area contributed by atoms with Crippen molar-refractivity contribution in [2.45, 2.75) is 51.0 Å².